The van der Waals surface area contributed by atoms with Crippen molar-refractivity contribution in [3.05, 3.63) is 18.2 Å². The van der Waals surface area contributed by atoms with E-state index in [1.54, 1.807) is 11.9 Å². The number of rotatable bonds is 1. The number of carbonyl (C=O) groups excluding carboxylic acids is 1. The minimum Gasteiger partial charge on any atom is -0.481 e. The van der Waals surface area contributed by atoms with E-state index < -0.39 is 0 Å². The molecule has 3 rings (SSSR count). The van der Waals surface area contributed by atoms with Gasteiger partial charge in [-0.15, -0.1) is 0 Å². The number of hydrogen-bond donors (Lipinski definition) is 1. The molecule has 6 heteroatoms. The molecule has 0 fully saturated rings. The Hall–Kier alpha value is -2.24. The highest BCUT2D eigenvalue weighted by Gasteiger charge is 2.24. The third kappa shape index (κ3) is 1.57. The molecule has 2 heterocycles. The Morgan fingerprint density at radius 2 is 2.28 bits per heavy atom. The van der Waals surface area contributed by atoms with Gasteiger partial charge in [0.1, 0.15) is 5.75 Å². The zero-order chi connectivity index (χ0) is 12.7. The van der Waals surface area contributed by atoms with E-state index >= 15 is 0 Å². The minimum atomic E-state index is -0.0440. The molecule has 0 aromatic heterocycles. The lowest BCUT2D eigenvalue weighted by molar-refractivity contribution is -0.120. The van der Waals surface area contributed by atoms with E-state index in [4.69, 9.17) is 10.5 Å². The summed E-state index contributed by atoms with van der Waals surface area (Å²) in [5.41, 5.74) is 7.53. The van der Waals surface area contributed by atoms with Crippen LogP contribution in [0.3, 0.4) is 0 Å². The van der Waals surface area contributed by atoms with Crippen molar-refractivity contribution in [2.75, 3.05) is 36.5 Å². The van der Waals surface area contributed by atoms with E-state index in [1.165, 1.54) is 0 Å². The van der Waals surface area contributed by atoms with Crippen LogP contribution in [0, 0.1) is 0 Å². The molecule has 0 unspecified atom stereocenters. The Morgan fingerprint density at radius 1 is 1.44 bits per heavy atom. The number of anilines is 2. The summed E-state index contributed by atoms with van der Waals surface area (Å²) in [6.07, 6.45) is 0. The highest BCUT2D eigenvalue weighted by molar-refractivity contribution is 6.00. The smallest absolute Gasteiger partial charge is 0.264 e. The summed E-state index contributed by atoms with van der Waals surface area (Å²) in [6, 6.07) is 5.68. The van der Waals surface area contributed by atoms with E-state index in [-0.39, 0.29) is 12.5 Å². The molecule has 2 N–H and O–H groups in total. The van der Waals surface area contributed by atoms with Crippen LogP contribution in [0.15, 0.2) is 23.2 Å². The maximum atomic E-state index is 11.5. The highest BCUT2D eigenvalue weighted by Crippen LogP contribution is 2.35. The second-order valence-corrected chi connectivity index (χ2v) is 4.29. The first-order valence-electron chi connectivity index (χ1n) is 5.77. The molecule has 0 bridgehead atoms. The van der Waals surface area contributed by atoms with Crippen LogP contribution >= 0.6 is 0 Å². The lowest BCUT2D eigenvalue weighted by atomic mass is 10.2. The van der Waals surface area contributed by atoms with Crippen molar-refractivity contribution in [3.63, 3.8) is 0 Å². The van der Waals surface area contributed by atoms with E-state index in [0.29, 0.717) is 18.3 Å². The molecule has 2 aliphatic heterocycles. The first kappa shape index (κ1) is 10.9. The van der Waals surface area contributed by atoms with Gasteiger partial charge < -0.3 is 20.3 Å². The standard InChI is InChI=1S/C12H14N4O2/c1-15-9-3-2-8(16-5-4-14-12(16)13)6-10(9)18-7-11(15)17/h2-3,6H,4-5,7H2,1H3,(H2,13,14). The summed E-state index contributed by atoms with van der Waals surface area (Å²) >= 11 is 0. The molecule has 6 nitrogen and oxygen atoms in total. The van der Waals surface area contributed by atoms with Gasteiger partial charge in [0.05, 0.1) is 12.2 Å². The topological polar surface area (TPSA) is 71.2 Å². The van der Waals surface area contributed by atoms with Crippen LogP contribution in [-0.4, -0.2) is 38.6 Å². The third-order valence-corrected chi connectivity index (χ3v) is 3.22. The maximum Gasteiger partial charge on any atom is 0.264 e. The number of ether oxygens (including phenoxy) is 1. The highest BCUT2D eigenvalue weighted by atomic mass is 16.5. The number of nitrogens with two attached hydrogens (primary N) is 1. The summed E-state index contributed by atoms with van der Waals surface area (Å²) < 4.78 is 5.44. The molecule has 0 saturated carbocycles. The summed E-state index contributed by atoms with van der Waals surface area (Å²) in [5, 5.41) is 0. The molecule has 1 aromatic carbocycles. The van der Waals surface area contributed by atoms with Crippen molar-refractivity contribution < 1.29 is 9.53 Å². The van der Waals surface area contributed by atoms with Gasteiger partial charge in [-0.2, -0.15) is 0 Å². The molecule has 0 aliphatic carbocycles. The van der Waals surface area contributed by atoms with Crippen molar-refractivity contribution in [2.45, 2.75) is 0 Å². The van der Waals surface area contributed by atoms with Gasteiger partial charge in [-0.25, -0.2) is 0 Å². The predicted octanol–water partition coefficient (Wildman–Crippen LogP) is 0.176. The van der Waals surface area contributed by atoms with Crippen LogP contribution in [0.5, 0.6) is 5.75 Å². The van der Waals surface area contributed by atoms with Crippen molar-refractivity contribution >= 4 is 23.2 Å². The van der Waals surface area contributed by atoms with E-state index in [9.17, 15) is 4.79 Å². The van der Waals surface area contributed by atoms with Gasteiger partial charge >= 0.3 is 0 Å². The molecule has 0 radical (unpaired) electrons. The van der Waals surface area contributed by atoms with Gasteiger partial charge in [0.25, 0.3) is 5.91 Å². The lowest BCUT2D eigenvalue weighted by Crippen LogP contribution is -2.36. The zero-order valence-electron chi connectivity index (χ0n) is 10.1. The van der Waals surface area contributed by atoms with Crippen molar-refractivity contribution in [1.82, 2.24) is 0 Å². The number of amides is 1. The summed E-state index contributed by atoms with van der Waals surface area (Å²) in [5.74, 6) is 1.18. The fraction of sp³-hybridized carbons (Fsp3) is 0.333. The van der Waals surface area contributed by atoms with Crippen molar-refractivity contribution in [3.8, 4) is 5.75 Å². The maximum absolute atomic E-state index is 11.5. The molecule has 18 heavy (non-hydrogen) atoms. The van der Waals surface area contributed by atoms with Crippen LogP contribution in [0.2, 0.25) is 0 Å². The van der Waals surface area contributed by atoms with Gasteiger partial charge in [-0.1, -0.05) is 0 Å². The van der Waals surface area contributed by atoms with E-state index in [2.05, 4.69) is 4.99 Å². The molecular weight excluding hydrogens is 232 g/mol. The Bertz CT molecular complexity index is 541. The number of benzene rings is 1. The van der Waals surface area contributed by atoms with Crippen molar-refractivity contribution in [2.24, 2.45) is 10.7 Å². The fourth-order valence-electron chi connectivity index (χ4n) is 2.16. The number of hydrogen-bond acceptors (Lipinski definition) is 5. The zero-order valence-corrected chi connectivity index (χ0v) is 10.1. The predicted molar refractivity (Wildman–Crippen MR) is 69.2 cm³/mol. The quantitative estimate of drug-likeness (QED) is 0.767. The molecule has 0 saturated heterocycles. The molecule has 0 spiro atoms. The Labute approximate surface area is 105 Å². The van der Waals surface area contributed by atoms with Crippen LogP contribution in [0.1, 0.15) is 0 Å². The largest absolute Gasteiger partial charge is 0.481 e. The number of likely N-dealkylation sites (N-methyl/N-ethyl adjacent to an activating group) is 1. The average molecular weight is 246 g/mol. The van der Waals surface area contributed by atoms with Crippen LogP contribution < -0.4 is 20.3 Å². The summed E-state index contributed by atoms with van der Waals surface area (Å²) in [4.78, 5) is 19.2. The number of carbonyl (C=O) groups is 1. The Balaban J connectivity index is 1.97. The van der Waals surface area contributed by atoms with Gasteiger partial charge in [-0.05, 0) is 12.1 Å². The van der Waals surface area contributed by atoms with Gasteiger partial charge in [0.2, 0.25) is 0 Å². The second-order valence-electron chi connectivity index (χ2n) is 4.29. The van der Waals surface area contributed by atoms with Gasteiger partial charge in [-0.3, -0.25) is 9.79 Å². The average Bonchev–Trinajstić information content (AvgIpc) is 2.80. The van der Waals surface area contributed by atoms with E-state index in [0.717, 1.165) is 17.9 Å². The normalized spacial score (nSPS) is 18.5. The van der Waals surface area contributed by atoms with Gasteiger partial charge in [0.15, 0.2) is 12.6 Å². The number of guanidine groups is 1. The molecule has 1 aromatic rings. The van der Waals surface area contributed by atoms with Crippen LogP contribution in [0.25, 0.3) is 0 Å². The summed E-state index contributed by atoms with van der Waals surface area (Å²) in [6.45, 7) is 1.57. The molecular formula is C12H14N4O2. The second kappa shape index (κ2) is 3.90. The lowest BCUT2D eigenvalue weighted by Gasteiger charge is -2.27. The number of nitrogens with zero attached hydrogens (tertiary/aromatic N) is 3. The molecule has 94 valence electrons. The number of fused-ring (bicyclic) bond motifs is 1. The first-order valence-corrected chi connectivity index (χ1v) is 5.77. The fourth-order valence-corrected chi connectivity index (χ4v) is 2.16. The third-order valence-electron chi connectivity index (χ3n) is 3.22. The van der Waals surface area contributed by atoms with Crippen LogP contribution in [-0.2, 0) is 4.79 Å². The number of aliphatic imine (C=N–C) groups is 1. The molecule has 0 atom stereocenters. The van der Waals surface area contributed by atoms with E-state index in [1.807, 2.05) is 23.1 Å². The van der Waals surface area contributed by atoms with Gasteiger partial charge in [0, 0.05) is 25.3 Å². The Morgan fingerprint density at radius 3 is 3.00 bits per heavy atom. The monoisotopic (exact) mass is 246 g/mol. The first-order chi connectivity index (χ1) is 8.66. The van der Waals surface area contributed by atoms with Crippen molar-refractivity contribution in [1.29, 1.82) is 0 Å². The van der Waals surface area contributed by atoms with Crippen LogP contribution in [0.4, 0.5) is 11.4 Å². The minimum absolute atomic E-state index is 0.0440. The summed E-state index contributed by atoms with van der Waals surface area (Å²) in [7, 11) is 1.75. The Kier molecular flexibility index (Phi) is 2.36. The SMILES string of the molecule is CN1C(=O)COc2cc(N3CCN=C3N)ccc21. The molecule has 1 amide bonds. The molecule has 2 aliphatic rings.